The van der Waals surface area contributed by atoms with Crippen LogP contribution in [-0.4, -0.2) is 24.7 Å². The van der Waals surface area contributed by atoms with Gasteiger partial charge in [-0.3, -0.25) is 0 Å². The van der Waals surface area contributed by atoms with E-state index >= 15 is 0 Å². The van der Waals surface area contributed by atoms with E-state index in [0.717, 1.165) is 41.5 Å². The Balaban J connectivity index is 1.72. The molecule has 5 heteroatoms. The normalized spacial score (nSPS) is 19.9. The number of hydrogen-bond donors (Lipinski definition) is 1. The number of rotatable bonds is 3. The monoisotopic (exact) mass is 252 g/mol. The standard InChI is InChI=1S/C12H13FN2OS/c13-9-1-2-11-10(5-9)15-12(17-11)14-6-8-3-4-16-7-8/h1-2,5,8H,3-4,6-7H2,(H,14,15). The minimum Gasteiger partial charge on any atom is -0.381 e. The molecule has 1 atom stereocenters. The van der Waals surface area contributed by atoms with Crippen molar-refractivity contribution in [2.45, 2.75) is 6.42 Å². The zero-order valence-electron chi connectivity index (χ0n) is 9.28. The number of anilines is 1. The maximum Gasteiger partial charge on any atom is 0.183 e. The minimum absolute atomic E-state index is 0.237. The molecule has 17 heavy (non-hydrogen) atoms. The van der Waals surface area contributed by atoms with Crippen LogP contribution in [-0.2, 0) is 4.74 Å². The van der Waals surface area contributed by atoms with Crippen molar-refractivity contribution in [1.29, 1.82) is 0 Å². The van der Waals surface area contributed by atoms with Crippen molar-refractivity contribution in [3.05, 3.63) is 24.0 Å². The van der Waals surface area contributed by atoms with Crippen LogP contribution < -0.4 is 5.32 Å². The molecular weight excluding hydrogens is 239 g/mol. The predicted octanol–water partition coefficient (Wildman–Crippen LogP) is 2.88. The molecule has 1 aromatic heterocycles. The van der Waals surface area contributed by atoms with Crippen LogP contribution in [0, 0.1) is 11.7 Å². The van der Waals surface area contributed by atoms with E-state index in [1.165, 1.54) is 12.1 Å². The largest absolute Gasteiger partial charge is 0.381 e. The third-order valence-electron chi connectivity index (χ3n) is 2.92. The highest BCUT2D eigenvalue weighted by Crippen LogP contribution is 2.26. The van der Waals surface area contributed by atoms with Gasteiger partial charge < -0.3 is 10.1 Å². The van der Waals surface area contributed by atoms with Gasteiger partial charge in [-0.2, -0.15) is 0 Å². The topological polar surface area (TPSA) is 34.1 Å². The van der Waals surface area contributed by atoms with Crippen molar-refractivity contribution in [3.63, 3.8) is 0 Å². The van der Waals surface area contributed by atoms with Gasteiger partial charge in [-0.1, -0.05) is 11.3 Å². The summed E-state index contributed by atoms with van der Waals surface area (Å²) in [5.41, 5.74) is 0.722. The number of thiazole rings is 1. The summed E-state index contributed by atoms with van der Waals surface area (Å²) < 4.78 is 19.3. The number of benzene rings is 1. The van der Waals surface area contributed by atoms with Gasteiger partial charge in [-0.25, -0.2) is 9.37 Å². The molecule has 0 aliphatic carbocycles. The molecule has 2 heterocycles. The second-order valence-electron chi connectivity index (χ2n) is 4.24. The molecule has 0 spiro atoms. The van der Waals surface area contributed by atoms with E-state index in [1.54, 1.807) is 17.4 Å². The number of halogens is 1. The molecule has 1 saturated heterocycles. The van der Waals surface area contributed by atoms with E-state index in [1.807, 2.05) is 0 Å². The van der Waals surface area contributed by atoms with Gasteiger partial charge in [0.05, 0.1) is 16.8 Å². The summed E-state index contributed by atoms with van der Waals surface area (Å²) in [5, 5.41) is 4.16. The molecule has 0 radical (unpaired) electrons. The maximum absolute atomic E-state index is 13.0. The summed E-state index contributed by atoms with van der Waals surface area (Å²) in [4.78, 5) is 4.36. The van der Waals surface area contributed by atoms with Crippen molar-refractivity contribution in [2.24, 2.45) is 5.92 Å². The molecule has 0 saturated carbocycles. The molecule has 1 aliphatic rings. The Labute approximate surface area is 103 Å². The molecular formula is C12H13FN2OS. The fourth-order valence-electron chi connectivity index (χ4n) is 1.95. The average molecular weight is 252 g/mol. The van der Waals surface area contributed by atoms with E-state index in [0.29, 0.717) is 5.92 Å². The van der Waals surface area contributed by atoms with Crippen LogP contribution >= 0.6 is 11.3 Å². The van der Waals surface area contributed by atoms with Crippen LogP contribution in [0.2, 0.25) is 0 Å². The van der Waals surface area contributed by atoms with Gasteiger partial charge in [0.15, 0.2) is 5.13 Å². The number of hydrogen-bond acceptors (Lipinski definition) is 4. The van der Waals surface area contributed by atoms with Crippen molar-refractivity contribution >= 4 is 26.7 Å². The number of nitrogens with one attached hydrogen (secondary N) is 1. The molecule has 0 amide bonds. The van der Waals surface area contributed by atoms with Gasteiger partial charge in [0, 0.05) is 25.1 Å². The Morgan fingerprint density at radius 1 is 1.53 bits per heavy atom. The fourth-order valence-corrected chi connectivity index (χ4v) is 2.81. The number of aromatic nitrogens is 1. The van der Waals surface area contributed by atoms with Gasteiger partial charge >= 0.3 is 0 Å². The van der Waals surface area contributed by atoms with Gasteiger partial charge in [-0.05, 0) is 18.6 Å². The highest BCUT2D eigenvalue weighted by Gasteiger charge is 2.15. The smallest absolute Gasteiger partial charge is 0.183 e. The van der Waals surface area contributed by atoms with Crippen LogP contribution in [0.15, 0.2) is 18.2 Å². The van der Waals surface area contributed by atoms with Crippen LogP contribution in [0.1, 0.15) is 6.42 Å². The summed E-state index contributed by atoms with van der Waals surface area (Å²) in [7, 11) is 0. The van der Waals surface area contributed by atoms with Crippen LogP contribution in [0.4, 0.5) is 9.52 Å². The zero-order valence-corrected chi connectivity index (χ0v) is 10.1. The average Bonchev–Trinajstić information content (AvgIpc) is 2.94. The van der Waals surface area contributed by atoms with Crippen molar-refractivity contribution < 1.29 is 9.13 Å². The molecule has 1 aliphatic heterocycles. The quantitative estimate of drug-likeness (QED) is 0.912. The molecule has 3 rings (SSSR count). The van der Waals surface area contributed by atoms with E-state index in [4.69, 9.17) is 4.74 Å². The van der Waals surface area contributed by atoms with E-state index in [2.05, 4.69) is 10.3 Å². The second-order valence-corrected chi connectivity index (χ2v) is 5.27. The third kappa shape index (κ3) is 2.40. The van der Waals surface area contributed by atoms with Crippen molar-refractivity contribution in [2.75, 3.05) is 25.1 Å². The molecule has 1 fully saturated rings. The third-order valence-corrected chi connectivity index (χ3v) is 3.91. The van der Waals surface area contributed by atoms with Gasteiger partial charge in [0.2, 0.25) is 0 Å². The molecule has 0 bridgehead atoms. The lowest BCUT2D eigenvalue weighted by Crippen LogP contribution is -2.13. The second kappa shape index (κ2) is 4.58. The lowest BCUT2D eigenvalue weighted by molar-refractivity contribution is 0.187. The Bertz CT molecular complexity index is 522. The number of ether oxygens (including phenoxy) is 1. The van der Waals surface area contributed by atoms with Crippen LogP contribution in [0.25, 0.3) is 10.2 Å². The van der Waals surface area contributed by atoms with Crippen molar-refractivity contribution in [3.8, 4) is 0 Å². The highest BCUT2D eigenvalue weighted by atomic mass is 32.1. The first-order valence-corrected chi connectivity index (χ1v) is 6.50. The molecule has 90 valence electrons. The highest BCUT2D eigenvalue weighted by molar-refractivity contribution is 7.22. The lowest BCUT2D eigenvalue weighted by Gasteiger charge is -2.07. The molecule has 1 aromatic carbocycles. The molecule has 1 unspecified atom stereocenters. The first-order valence-electron chi connectivity index (χ1n) is 5.69. The SMILES string of the molecule is Fc1ccc2sc(NCC3CCOC3)nc2c1. The van der Waals surface area contributed by atoms with Gasteiger partial charge in [0.1, 0.15) is 5.82 Å². The first-order chi connectivity index (χ1) is 8.31. The summed E-state index contributed by atoms with van der Waals surface area (Å²) in [6.07, 6.45) is 1.10. The molecule has 1 N–H and O–H groups in total. The predicted molar refractivity (Wildman–Crippen MR) is 67.0 cm³/mol. The van der Waals surface area contributed by atoms with Gasteiger partial charge in [0.25, 0.3) is 0 Å². The van der Waals surface area contributed by atoms with Crippen LogP contribution in [0.3, 0.4) is 0 Å². The summed E-state index contributed by atoms with van der Waals surface area (Å²) in [5.74, 6) is 0.331. The molecule has 2 aromatic rings. The minimum atomic E-state index is -0.237. The summed E-state index contributed by atoms with van der Waals surface area (Å²) in [6, 6.07) is 4.71. The fraction of sp³-hybridized carbons (Fsp3) is 0.417. The summed E-state index contributed by atoms with van der Waals surface area (Å²) in [6.45, 7) is 2.56. The zero-order chi connectivity index (χ0) is 11.7. The van der Waals surface area contributed by atoms with Gasteiger partial charge in [-0.15, -0.1) is 0 Å². The number of nitrogens with zero attached hydrogens (tertiary/aromatic N) is 1. The molecule has 3 nitrogen and oxygen atoms in total. The Hall–Kier alpha value is -1.20. The number of fused-ring (bicyclic) bond motifs is 1. The van der Waals surface area contributed by atoms with E-state index in [-0.39, 0.29) is 5.82 Å². The maximum atomic E-state index is 13.0. The Morgan fingerprint density at radius 2 is 2.47 bits per heavy atom. The van der Waals surface area contributed by atoms with Crippen LogP contribution in [0.5, 0.6) is 0 Å². The Kier molecular flexibility index (Phi) is 2.94. The van der Waals surface area contributed by atoms with E-state index < -0.39 is 0 Å². The first kappa shape index (κ1) is 10.9. The van der Waals surface area contributed by atoms with E-state index in [9.17, 15) is 4.39 Å². The van der Waals surface area contributed by atoms with Crippen molar-refractivity contribution in [1.82, 2.24) is 4.98 Å². The Morgan fingerprint density at radius 3 is 3.29 bits per heavy atom. The lowest BCUT2D eigenvalue weighted by atomic mass is 10.1. The summed E-state index contributed by atoms with van der Waals surface area (Å²) >= 11 is 1.56.